The van der Waals surface area contributed by atoms with Crippen LogP contribution in [-0.2, 0) is 11.2 Å². The number of hydrogen-bond acceptors (Lipinski definition) is 4. The molecule has 1 amide bonds. The third-order valence-electron chi connectivity index (χ3n) is 2.66. The zero-order chi connectivity index (χ0) is 11.4. The molecule has 2 N–H and O–H groups in total. The van der Waals surface area contributed by atoms with Gasteiger partial charge in [0.05, 0.1) is 6.04 Å². The Balaban J connectivity index is 1.89. The fraction of sp³-hybridized carbons (Fsp3) is 0.636. The Labute approximate surface area is 99.5 Å². The number of thiazole rings is 1. The quantitative estimate of drug-likeness (QED) is 0.842. The van der Waals surface area contributed by atoms with Gasteiger partial charge in [0, 0.05) is 11.1 Å². The average Bonchev–Trinajstić information content (AvgIpc) is 2.89. The number of nitrogens with zero attached hydrogens (tertiary/aromatic N) is 1. The molecule has 0 bridgehead atoms. The van der Waals surface area contributed by atoms with Crippen molar-refractivity contribution < 1.29 is 4.79 Å². The van der Waals surface area contributed by atoms with E-state index < -0.39 is 0 Å². The van der Waals surface area contributed by atoms with Crippen LogP contribution in [0.1, 0.15) is 31.1 Å². The lowest BCUT2D eigenvalue weighted by Gasteiger charge is -2.08. The number of anilines is 1. The topological polar surface area (TPSA) is 54.0 Å². The molecule has 0 radical (unpaired) electrons. The van der Waals surface area contributed by atoms with Crippen LogP contribution in [0.2, 0.25) is 0 Å². The van der Waals surface area contributed by atoms with Crippen molar-refractivity contribution in [3.63, 3.8) is 0 Å². The zero-order valence-corrected chi connectivity index (χ0v) is 10.3. The molecule has 1 fully saturated rings. The predicted octanol–water partition coefficient (Wildman–Crippen LogP) is 1.79. The third-order valence-corrected chi connectivity index (χ3v) is 3.63. The van der Waals surface area contributed by atoms with Crippen molar-refractivity contribution >= 4 is 22.4 Å². The van der Waals surface area contributed by atoms with Crippen molar-refractivity contribution in [2.45, 2.75) is 38.6 Å². The minimum absolute atomic E-state index is 0.0291. The lowest BCUT2D eigenvalue weighted by atomic mass is 10.2. The monoisotopic (exact) mass is 239 g/mol. The lowest BCUT2D eigenvalue weighted by molar-refractivity contribution is -0.117. The molecule has 1 aliphatic rings. The predicted molar refractivity (Wildman–Crippen MR) is 65.8 cm³/mol. The molecule has 1 aromatic rings. The fourth-order valence-corrected chi connectivity index (χ4v) is 2.75. The summed E-state index contributed by atoms with van der Waals surface area (Å²) in [5, 5.41) is 6.77. The maximum atomic E-state index is 11.8. The number of amides is 1. The van der Waals surface area contributed by atoms with Crippen LogP contribution in [0.5, 0.6) is 0 Å². The fourth-order valence-electron chi connectivity index (χ4n) is 1.83. The molecule has 0 aliphatic carbocycles. The smallest absolute Gasteiger partial charge is 0.243 e. The summed E-state index contributed by atoms with van der Waals surface area (Å²) in [6.45, 7) is 3.08. The maximum absolute atomic E-state index is 11.8. The van der Waals surface area contributed by atoms with Gasteiger partial charge in [-0.1, -0.05) is 13.3 Å². The first-order valence-electron chi connectivity index (χ1n) is 5.78. The number of carbonyl (C=O) groups excluding carboxylic acids is 1. The van der Waals surface area contributed by atoms with Gasteiger partial charge in [-0.05, 0) is 25.8 Å². The van der Waals surface area contributed by atoms with Crippen molar-refractivity contribution in [1.82, 2.24) is 10.3 Å². The standard InChI is InChI=1S/C11H17N3OS/c1-2-4-8-7-13-11(16-8)14-10(15)9-5-3-6-12-9/h7,9,12H,2-6H2,1H3,(H,13,14,15). The molecule has 1 aliphatic heterocycles. The summed E-state index contributed by atoms with van der Waals surface area (Å²) in [5.41, 5.74) is 0. The zero-order valence-electron chi connectivity index (χ0n) is 9.45. The third kappa shape index (κ3) is 2.80. The first-order chi connectivity index (χ1) is 7.79. The molecule has 2 rings (SSSR count). The molecule has 0 aromatic carbocycles. The normalized spacial score (nSPS) is 19.9. The Morgan fingerprint density at radius 3 is 3.31 bits per heavy atom. The number of aryl methyl sites for hydroxylation is 1. The van der Waals surface area contributed by atoms with Crippen molar-refractivity contribution in [3.05, 3.63) is 11.1 Å². The highest BCUT2D eigenvalue weighted by Gasteiger charge is 2.22. The second-order valence-corrected chi connectivity index (χ2v) is 5.14. The largest absolute Gasteiger partial charge is 0.306 e. The Morgan fingerprint density at radius 1 is 1.75 bits per heavy atom. The van der Waals surface area contributed by atoms with E-state index in [-0.39, 0.29) is 11.9 Å². The molecule has 1 atom stereocenters. The van der Waals surface area contributed by atoms with Crippen LogP contribution in [0.15, 0.2) is 6.20 Å². The Morgan fingerprint density at radius 2 is 2.62 bits per heavy atom. The molecular formula is C11H17N3OS. The summed E-state index contributed by atoms with van der Waals surface area (Å²) in [6.07, 6.45) is 6.01. The van der Waals surface area contributed by atoms with Crippen LogP contribution >= 0.6 is 11.3 Å². The number of rotatable bonds is 4. The van der Waals surface area contributed by atoms with E-state index in [4.69, 9.17) is 0 Å². The molecule has 4 nitrogen and oxygen atoms in total. The van der Waals surface area contributed by atoms with Gasteiger partial charge in [-0.15, -0.1) is 11.3 Å². The van der Waals surface area contributed by atoms with E-state index in [0.717, 1.165) is 37.4 Å². The van der Waals surface area contributed by atoms with E-state index in [1.54, 1.807) is 11.3 Å². The molecule has 0 saturated carbocycles. The van der Waals surface area contributed by atoms with Gasteiger partial charge in [0.25, 0.3) is 0 Å². The van der Waals surface area contributed by atoms with Crippen molar-refractivity contribution in [2.75, 3.05) is 11.9 Å². The minimum Gasteiger partial charge on any atom is -0.306 e. The van der Waals surface area contributed by atoms with Crippen molar-refractivity contribution in [3.8, 4) is 0 Å². The average molecular weight is 239 g/mol. The van der Waals surface area contributed by atoms with Crippen LogP contribution in [0, 0.1) is 0 Å². The van der Waals surface area contributed by atoms with Crippen molar-refractivity contribution in [1.29, 1.82) is 0 Å². The van der Waals surface area contributed by atoms with E-state index in [1.165, 1.54) is 4.88 Å². The van der Waals surface area contributed by atoms with E-state index in [1.807, 2.05) is 6.20 Å². The first kappa shape index (κ1) is 11.5. The summed E-state index contributed by atoms with van der Waals surface area (Å²) in [6, 6.07) is -0.0291. The molecule has 88 valence electrons. The molecular weight excluding hydrogens is 222 g/mol. The van der Waals surface area contributed by atoms with Gasteiger partial charge in [0.15, 0.2) is 5.13 Å². The molecule has 5 heteroatoms. The highest BCUT2D eigenvalue weighted by atomic mass is 32.1. The van der Waals surface area contributed by atoms with Gasteiger partial charge in [0.1, 0.15) is 0 Å². The lowest BCUT2D eigenvalue weighted by Crippen LogP contribution is -2.35. The molecule has 16 heavy (non-hydrogen) atoms. The summed E-state index contributed by atoms with van der Waals surface area (Å²) in [7, 11) is 0. The summed E-state index contributed by atoms with van der Waals surface area (Å²) >= 11 is 1.57. The summed E-state index contributed by atoms with van der Waals surface area (Å²) in [4.78, 5) is 17.2. The van der Waals surface area contributed by atoms with Crippen LogP contribution < -0.4 is 10.6 Å². The number of carbonyl (C=O) groups is 1. The second-order valence-electron chi connectivity index (χ2n) is 4.02. The van der Waals surface area contributed by atoms with E-state index in [0.29, 0.717) is 0 Å². The van der Waals surface area contributed by atoms with Gasteiger partial charge in [-0.3, -0.25) is 4.79 Å². The molecule has 1 saturated heterocycles. The maximum Gasteiger partial charge on any atom is 0.243 e. The highest BCUT2D eigenvalue weighted by molar-refractivity contribution is 7.15. The number of nitrogens with one attached hydrogen (secondary N) is 2. The Bertz CT molecular complexity index is 358. The van der Waals surface area contributed by atoms with Crippen LogP contribution in [0.3, 0.4) is 0 Å². The highest BCUT2D eigenvalue weighted by Crippen LogP contribution is 2.20. The SMILES string of the molecule is CCCc1cnc(NC(=O)C2CCCN2)s1. The van der Waals surface area contributed by atoms with E-state index in [2.05, 4.69) is 22.5 Å². The molecule has 0 spiro atoms. The molecule has 2 heterocycles. The molecule has 1 unspecified atom stereocenters. The van der Waals surface area contributed by atoms with Gasteiger partial charge in [-0.2, -0.15) is 0 Å². The van der Waals surface area contributed by atoms with Gasteiger partial charge in [-0.25, -0.2) is 4.98 Å². The second kappa shape index (κ2) is 5.41. The number of aromatic nitrogens is 1. The Hall–Kier alpha value is -0.940. The minimum atomic E-state index is -0.0291. The molecule has 1 aromatic heterocycles. The van der Waals surface area contributed by atoms with Crippen LogP contribution in [0.25, 0.3) is 0 Å². The van der Waals surface area contributed by atoms with E-state index >= 15 is 0 Å². The number of hydrogen-bond donors (Lipinski definition) is 2. The summed E-state index contributed by atoms with van der Waals surface area (Å²) < 4.78 is 0. The summed E-state index contributed by atoms with van der Waals surface area (Å²) in [5.74, 6) is 0.0508. The van der Waals surface area contributed by atoms with Crippen molar-refractivity contribution in [2.24, 2.45) is 0 Å². The van der Waals surface area contributed by atoms with E-state index in [9.17, 15) is 4.79 Å². The van der Waals surface area contributed by atoms with Crippen LogP contribution in [0.4, 0.5) is 5.13 Å². The van der Waals surface area contributed by atoms with Gasteiger partial charge >= 0.3 is 0 Å². The van der Waals surface area contributed by atoms with Gasteiger partial charge in [0.2, 0.25) is 5.91 Å². The van der Waals surface area contributed by atoms with Crippen LogP contribution in [-0.4, -0.2) is 23.5 Å². The first-order valence-corrected chi connectivity index (χ1v) is 6.60. The Kier molecular flexibility index (Phi) is 3.90. The van der Waals surface area contributed by atoms with Gasteiger partial charge < -0.3 is 10.6 Å².